The number of nitrogens with one attached hydrogen (secondary N) is 1. The molecular weight excluding hydrogens is 352 g/mol. The molecule has 0 aliphatic rings. The SMILES string of the molecule is COc1ccc(/C=N/Nc2ccc([N+](=O)[O-])cc2[N+](=O)[O-])c2ccccc12. The minimum absolute atomic E-state index is 0.0552. The Balaban J connectivity index is 1.92. The fraction of sp³-hybridized carbons (Fsp3) is 0.0556. The van der Waals surface area contributed by atoms with Gasteiger partial charge in [0.2, 0.25) is 0 Å². The Bertz CT molecular complexity index is 1060. The monoisotopic (exact) mass is 366 g/mol. The van der Waals surface area contributed by atoms with Gasteiger partial charge in [-0.05, 0) is 23.6 Å². The number of nitrogens with zero attached hydrogens (tertiary/aromatic N) is 3. The van der Waals surface area contributed by atoms with Crippen molar-refractivity contribution in [1.82, 2.24) is 0 Å². The molecule has 0 unspecified atom stereocenters. The van der Waals surface area contributed by atoms with E-state index in [1.807, 2.05) is 30.3 Å². The van der Waals surface area contributed by atoms with Crippen molar-refractivity contribution >= 4 is 34.0 Å². The van der Waals surface area contributed by atoms with Gasteiger partial charge in [-0.25, -0.2) is 0 Å². The lowest BCUT2D eigenvalue weighted by atomic mass is 10.0. The topological polar surface area (TPSA) is 120 Å². The number of nitro groups is 2. The number of hydrazone groups is 1. The maximum atomic E-state index is 11.2. The van der Waals surface area contributed by atoms with Crippen molar-refractivity contribution in [3.8, 4) is 5.75 Å². The quantitative estimate of drug-likeness (QED) is 0.398. The van der Waals surface area contributed by atoms with Crippen LogP contribution in [0.1, 0.15) is 5.56 Å². The highest BCUT2D eigenvalue weighted by molar-refractivity contribution is 6.02. The molecule has 3 rings (SSSR count). The average molecular weight is 366 g/mol. The fourth-order valence-electron chi connectivity index (χ4n) is 2.64. The van der Waals surface area contributed by atoms with Crippen molar-refractivity contribution in [1.29, 1.82) is 0 Å². The van der Waals surface area contributed by atoms with Crippen molar-refractivity contribution in [3.63, 3.8) is 0 Å². The van der Waals surface area contributed by atoms with Crippen LogP contribution in [-0.4, -0.2) is 23.2 Å². The molecule has 3 aromatic rings. The molecule has 0 heterocycles. The number of anilines is 1. The molecule has 0 saturated carbocycles. The molecule has 0 aliphatic heterocycles. The molecule has 0 saturated heterocycles. The zero-order chi connectivity index (χ0) is 19.4. The maximum Gasteiger partial charge on any atom is 0.301 e. The average Bonchev–Trinajstić information content (AvgIpc) is 2.68. The highest BCUT2D eigenvalue weighted by Gasteiger charge is 2.19. The second-order valence-electron chi connectivity index (χ2n) is 5.49. The van der Waals surface area contributed by atoms with Crippen LogP contribution in [0.2, 0.25) is 0 Å². The molecule has 136 valence electrons. The third-order valence-corrected chi connectivity index (χ3v) is 3.92. The lowest BCUT2D eigenvalue weighted by Gasteiger charge is -2.07. The first kappa shape index (κ1) is 17.8. The molecule has 0 spiro atoms. The van der Waals surface area contributed by atoms with E-state index in [9.17, 15) is 20.2 Å². The van der Waals surface area contributed by atoms with Gasteiger partial charge in [0, 0.05) is 17.0 Å². The third kappa shape index (κ3) is 3.66. The fourth-order valence-corrected chi connectivity index (χ4v) is 2.64. The first-order valence-corrected chi connectivity index (χ1v) is 7.79. The van der Waals surface area contributed by atoms with E-state index in [1.165, 1.54) is 18.3 Å². The van der Waals surface area contributed by atoms with E-state index < -0.39 is 15.5 Å². The molecule has 0 atom stereocenters. The number of benzene rings is 3. The third-order valence-electron chi connectivity index (χ3n) is 3.92. The zero-order valence-corrected chi connectivity index (χ0v) is 14.2. The van der Waals surface area contributed by atoms with Gasteiger partial charge in [0.15, 0.2) is 0 Å². The van der Waals surface area contributed by atoms with Crippen LogP contribution in [-0.2, 0) is 0 Å². The lowest BCUT2D eigenvalue weighted by molar-refractivity contribution is -0.393. The summed E-state index contributed by atoms with van der Waals surface area (Å²) in [5.41, 5.74) is 2.62. The Hall–Kier alpha value is -4.01. The van der Waals surface area contributed by atoms with Crippen molar-refractivity contribution in [3.05, 3.63) is 80.4 Å². The van der Waals surface area contributed by atoms with Gasteiger partial charge in [0.05, 0.1) is 29.2 Å². The van der Waals surface area contributed by atoms with Crippen molar-refractivity contribution in [2.75, 3.05) is 12.5 Å². The molecule has 0 aliphatic carbocycles. The smallest absolute Gasteiger partial charge is 0.301 e. The van der Waals surface area contributed by atoms with Crippen molar-refractivity contribution < 1.29 is 14.6 Å². The first-order chi connectivity index (χ1) is 13.0. The summed E-state index contributed by atoms with van der Waals surface area (Å²) in [6, 6.07) is 14.5. The Labute approximate surface area is 153 Å². The zero-order valence-electron chi connectivity index (χ0n) is 14.2. The van der Waals surface area contributed by atoms with Crippen molar-refractivity contribution in [2.45, 2.75) is 0 Å². The summed E-state index contributed by atoms with van der Waals surface area (Å²) in [4.78, 5) is 20.5. The number of nitro benzene ring substituents is 2. The van der Waals surface area contributed by atoms with Crippen LogP contribution in [0.3, 0.4) is 0 Å². The number of hydrogen-bond acceptors (Lipinski definition) is 7. The summed E-state index contributed by atoms with van der Waals surface area (Å²) in [7, 11) is 1.59. The van der Waals surface area contributed by atoms with Gasteiger partial charge >= 0.3 is 5.69 Å². The van der Waals surface area contributed by atoms with Crippen LogP contribution >= 0.6 is 0 Å². The van der Waals surface area contributed by atoms with Gasteiger partial charge in [-0.1, -0.05) is 24.3 Å². The van der Waals surface area contributed by atoms with Gasteiger partial charge in [-0.2, -0.15) is 5.10 Å². The van der Waals surface area contributed by atoms with Gasteiger partial charge in [-0.3, -0.25) is 25.7 Å². The summed E-state index contributed by atoms with van der Waals surface area (Å²) in [6.07, 6.45) is 1.52. The Kier molecular flexibility index (Phi) is 4.93. The number of hydrogen-bond donors (Lipinski definition) is 1. The molecule has 0 radical (unpaired) electrons. The van der Waals surface area contributed by atoms with Crippen LogP contribution in [0.25, 0.3) is 10.8 Å². The molecule has 9 nitrogen and oxygen atoms in total. The lowest BCUT2D eigenvalue weighted by Crippen LogP contribution is -1.99. The van der Waals surface area contributed by atoms with Gasteiger partial charge in [0.1, 0.15) is 11.4 Å². The van der Waals surface area contributed by atoms with E-state index in [0.717, 1.165) is 28.2 Å². The molecule has 0 amide bonds. The summed E-state index contributed by atoms with van der Waals surface area (Å²) in [5.74, 6) is 0.724. The molecule has 3 aromatic carbocycles. The molecular formula is C18H14N4O5. The van der Waals surface area contributed by atoms with E-state index in [1.54, 1.807) is 13.2 Å². The van der Waals surface area contributed by atoms with Crippen LogP contribution in [0, 0.1) is 20.2 Å². The Morgan fingerprint density at radius 2 is 1.74 bits per heavy atom. The highest BCUT2D eigenvalue weighted by atomic mass is 16.6. The van der Waals surface area contributed by atoms with Crippen LogP contribution in [0.15, 0.2) is 59.7 Å². The van der Waals surface area contributed by atoms with E-state index in [0.29, 0.717) is 0 Å². The minimum atomic E-state index is -0.701. The van der Waals surface area contributed by atoms with Gasteiger partial charge in [0.25, 0.3) is 5.69 Å². The second kappa shape index (κ2) is 7.48. The van der Waals surface area contributed by atoms with Crippen molar-refractivity contribution in [2.24, 2.45) is 5.10 Å². The van der Waals surface area contributed by atoms with Crippen LogP contribution < -0.4 is 10.2 Å². The number of rotatable bonds is 6. The predicted octanol–water partition coefficient (Wildman–Crippen LogP) is 4.11. The number of non-ortho nitro benzene ring substituents is 1. The van der Waals surface area contributed by atoms with E-state index in [2.05, 4.69) is 10.5 Å². The van der Waals surface area contributed by atoms with Gasteiger partial charge in [-0.15, -0.1) is 0 Å². The number of fused-ring (bicyclic) bond motifs is 1. The second-order valence-corrected chi connectivity index (χ2v) is 5.49. The first-order valence-electron chi connectivity index (χ1n) is 7.79. The van der Waals surface area contributed by atoms with E-state index >= 15 is 0 Å². The minimum Gasteiger partial charge on any atom is -0.496 e. The van der Waals surface area contributed by atoms with E-state index in [-0.39, 0.29) is 11.4 Å². The number of methoxy groups -OCH3 is 1. The summed E-state index contributed by atoms with van der Waals surface area (Å²) in [5, 5.41) is 27.8. The Morgan fingerprint density at radius 3 is 2.41 bits per heavy atom. The molecule has 27 heavy (non-hydrogen) atoms. The van der Waals surface area contributed by atoms with Gasteiger partial charge < -0.3 is 4.74 Å². The normalized spacial score (nSPS) is 10.9. The van der Waals surface area contributed by atoms with E-state index in [4.69, 9.17) is 4.74 Å². The molecule has 0 bridgehead atoms. The standard InChI is InChI=1S/C18H14N4O5/c1-27-18-9-6-12(14-4-2-3-5-15(14)18)11-19-20-16-8-7-13(21(23)24)10-17(16)22(25)26/h2-11,20H,1H3/b19-11+. The summed E-state index contributed by atoms with van der Waals surface area (Å²) >= 11 is 0. The number of ether oxygens (including phenoxy) is 1. The molecule has 1 N–H and O–H groups in total. The summed E-state index contributed by atoms with van der Waals surface area (Å²) < 4.78 is 5.34. The highest BCUT2D eigenvalue weighted by Crippen LogP contribution is 2.30. The maximum absolute atomic E-state index is 11.2. The van der Waals surface area contributed by atoms with Crippen LogP contribution in [0.5, 0.6) is 5.75 Å². The predicted molar refractivity (Wildman–Crippen MR) is 101 cm³/mol. The molecule has 0 aromatic heterocycles. The van der Waals surface area contributed by atoms with Crippen LogP contribution in [0.4, 0.5) is 17.1 Å². The molecule has 9 heteroatoms. The Morgan fingerprint density at radius 1 is 1.00 bits per heavy atom. The largest absolute Gasteiger partial charge is 0.496 e. The molecule has 0 fully saturated rings. The summed E-state index contributed by atoms with van der Waals surface area (Å²) in [6.45, 7) is 0.